The fraction of sp³-hybridized carbons (Fsp3) is 0.355. The number of carbonyl (C=O) groups excluding carboxylic acids is 2. The average molecular weight is 566 g/mol. The molecule has 2 amide bonds. The van der Waals surface area contributed by atoms with Crippen molar-refractivity contribution in [1.29, 1.82) is 0 Å². The minimum atomic E-state index is -4.17. The third-order valence-electron chi connectivity index (χ3n) is 6.65. The number of sulfonamides is 1. The van der Waals surface area contributed by atoms with Gasteiger partial charge < -0.3 is 15.0 Å². The Kier molecular flexibility index (Phi) is 10.7. The normalized spacial score (nSPS) is 12.7. The zero-order valence-electron chi connectivity index (χ0n) is 23.8. The smallest absolute Gasteiger partial charge is 0.264 e. The van der Waals surface area contributed by atoms with Gasteiger partial charge in [0.05, 0.1) is 17.2 Å². The van der Waals surface area contributed by atoms with E-state index in [1.807, 2.05) is 45.0 Å². The van der Waals surface area contributed by atoms with Gasteiger partial charge in [-0.2, -0.15) is 0 Å². The SMILES string of the molecule is CCOc1ccccc1N(CC(=O)N(Cc1cccc(C)c1)C(C)C(=O)NC(C)CC)S(=O)(=O)c1ccccc1. The summed E-state index contributed by atoms with van der Waals surface area (Å²) < 4.78 is 34.7. The van der Waals surface area contributed by atoms with Crippen molar-refractivity contribution in [3.63, 3.8) is 0 Å². The first-order chi connectivity index (χ1) is 19.1. The summed E-state index contributed by atoms with van der Waals surface area (Å²) in [5.41, 5.74) is 2.10. The second-order valence-corrected chi connectivity index (χ2v) is 11.6. The van der Waals surface area contributed by atoms with Crippen LogP contribution in [0.15, 0.2) is 83.8 Å². The van der Waals surface area contributed by atoms with E-state index < -0.39 is 28.5 Å². The maximum absolute atomic E-state index is 14.1. The van der Waals surface area contributed by atoms with E-state index in [1.54, 1.807) is 56.3 Å². The largest absolute Gasteiger partial charge is 0.492 e. The van der Waals surface area contributed by atoms with E-state index in [4.69, 9.17) is 4.74 Å². The molecule has 1 N–H and O–H groups in total. The lowest BCUT2D eigenvalue weighted by atomic mass is 10.1. The van der Waals surface area contributed by atoms with Gasteiger partial charge in [0, 0.05) is 12.6 Å². The van der Waals surface area contributed by atoms with Gasteiger partial charge in [0.15, 0.2) is 0 Å². The van der Waals surface area contributed by atoms with Gasteiger partial charge in [-0.1, -0.05) is 67.1 Å². The summed E-state index contributed by atoms with van der Waals surface area (Å²) in [6.07, 6.45) is 0.738. The van der Waals surface area contributed by atoms with Crippen molar-refractivity contribution >= 4 is 27.5 Å². The van der Waals surface area contributed by atoms with E-state index >= 15 is 0 Å². The summed E-state index contributed by atoms with van der Waals surface area (Å²) in [4.78, 5) is 28.7. The average Bonchev–Trinajstić information content (AvgIpc) is 2.95. The molecule has 2 atom stereocenters. The van der Waals surface area contributed by atoms with Crippen molar-refractivity contribution in [2.24, 2.45) is 0 Å². The van der Waals surface area contributed by atoms with E-state index in [-0.39, 0.29) is 29.1 Å². The monoisotopic (exact) mass is 565 g/mol. The van der Waals surface area contributed by atoms with Gasteiger partial charge in [-0.15, -0.1) is 0 Å². The summed E-state index contributed by atoms with van der Waals surface area (Å²) in [5.74, 6) is -0.480. The Hall–Kier alpha value is -3.85. The molecular weight excluding hydrogens is 526 g/mol. The number of ether oxygens (including phenoxy) is 1. The zero-order valence-corrected chi connectivity index (χ0v) is 24.6. The predicted octanol–water partition coefficient (Wildman–Crippen LogP) is 4.92. The molecule has 0 aromatic heterocycles. The first kappa shape index (κ1) is 30.7. The van der Waals surface area contributed by atoms with E-state index in [2.05, 4.69) is 5.32 Å². The number of anilines is 1. The second-order valence-electron chi connectivity index (χ2n) is 9.73. The lowest BCUT2D eigenvalue weighted by molar-refractivity contribution is -0.139. The Morgan fingerprint density at radius 2 is 1.60 bits per heavy atom. The van der Waals surface area contributed by atoms with Crippen LogP contribution >= 0.6 is 0 Å². The first-order valence-electron chi connectivity index (χ1n) is 13.5. The highest BCUT2D eigenvalue weighted by molar-refractivity contribution is 7.92. The molecule has 0 aliphatic rings. The molecule has 214 valence electrons. The molecule has 3 aromatic carbocycles. The lowest BCUT2D eigenvalue weighted by Gasteiger charge is -2.33. The number of aryl methyl sites for hydroxylation is 1. The van der Waals surface area contributed by atoms with Crippen LogP contribution in [0.1, 0.15) is 45.2 Å². The van der Waals surface area contributed by atoms with Gasteiger partial charge in [0.2, 0.25) is 11.8 Å². The lowest BCUT2D eigenvalue weighted by Crippen LogP contribution is -2.52. The molecule has 40 heavy (non-hydrogen) atoms. The van der Waals surface area contributed by atoms with Gasteiger partial charge in [0.25, 0.3) is 10.0 Å². The third-order valence-corrected chi connectivity index (χ3v) is 8.42. The fourth-order valence-corrected chi connectivity index (χ4v) is 5.67. The predicted molar refractivity (Wildman–Crippen MR) is 158 cm³/mol. The van der Waals surface area contributed by atoms with Crippen molar-refractivity contribution in [1.82, 2.24) is 10.2 Å². The summed E-state index contributed by atoms with van der Waals surface area (Å²) in [5, 5.41) is 2.94. The van der Waals surface area contributed by atoms with Crippen LogP contribution in [-0.2, 0) is 26.2 Å². The van der Waals surface area contributed by atoms with Gasteiger partial charge in [-0.3, -0.25) is 13.9 Å². The number of para-hydroxylation sites is 2. The van der Waals surface area contributed by atoms with Crippen LogP contribution in [0, 0.1) is 6.92 Å². The molecule has 0 radical (unpaired) electrons. The summed E-state index contributed by atoms with van der Waals surface area (Å²) >= 11 is 0. The van der Waals surface area contributed by atoms with Gasteiger partial charge >= 0.3 is 0 Å². The Morgan fingerprint density at radius 3 is 2.25 bits per heavy atom. The fourth-order valence-electron chi connectivity index (χ4n) is 4.23. The van der Waals surface area contributed by atoms with Gasteiger partial charge in [-0.05, 0) is 63.9 Å². The highest BCUT2D eigenvalue weighted by Crippen LogP contribution is 2.32. The molecular formula is C31H39N3O5S. The number of hydrogen-bond acceptors (Lipinski definition) is 5. The molecule has 0 bridgehead atoms. The number of nitrogens with one attached hydrogen (secondary N) is 1. The van der Waals surface area contributed by atoms with Crippen molar-refractivity contribution in [2.75, 3.05) is 17.5 Å². The standard InChI is InChI=1S/C31H39N3O5S/c1-6-24(4)32-31(36)25(5)33(21-26-15-13-14-23(3)20-26)30(35)22-34(28-18-11-12-19-29(28)39-7-2)40(37,38)27-16-9-8-10-17-27/h8-20,24-25H,6-7,21-22H2,1-5H3,(H,32,36). The Bertz CT molecular complexity index is 1390. The van der Waals surface area contributed by atoms with Crippen LogP contribution < -0.4 is 14.4 Å². The quantitative estimate of drug-likeness (QED) is 0.317. The molecule has 0 aliphatic carbocycles. The number of hydrogen-bond donors (Lipinski definition) is 1. The minimum Gasteiger partial charge on any atom is -0.492 e. The highest BCUT2D eigenvalue weighted by Gasteiger charge is 2.34. The number of amides is 2. The van der Waals surface area contributed by atoms with E-state index in [0.29, 0.717) is 12.4 Å². The van der Waals surface area contributed by atoms with Crippen LogP contribution in [-0.4, -0.2) is 50.4 Å². The van der Waals surface area contributed by atoms with Crippen molar-refractivity contribution in [3.05, 3.63) is 90.0 Å². The minimum absolute atomic E-state index is 0.0434. The van der Waals surface area contributed by atoms with E-state index in [0.717, 1.165) is 21.9 Å². The molecule has 0 fully saturated rings. The molecule has 9 heteroatoms. The topological polar surface area (TPSA) is 96.0 Å². The van der Waals surface area contributed by atoms with Crippen LogP contribution in [0.25, 0.3) is 0 Å². The Balaban J connectivity index is 2.06. The van der Waals surface area contributed by atoms with Gasteiger partial charge in [-0.25, -0.2) is 8.42 Å². The van der Waals surface area contributed by atoms with Crippen molar-refractivity contribution in [2.45, 2.75) is 64.6 Å². The maximum Gasteiger partial charge on any atom is 0.264 e. The summed E-state index contributed by atoms with van der Waals surface area (Å²) in [6.45, 7) is 9.22. The second kappa shape index (κ2) is 14.0. The molecule has 0 saturated heterocycles. The van der Waals surface area contributed by atoms with E-state index in [1.165, 1.54) is 17.0 Å². The first-order valence-corrected chi connectivity index (χ1v) is 15.0. The van der Waals surface area contributed by atoms with Crippen molar-refractivity contribution in [3.8, 4) is 5.75 Å². The molecule has 0 heterocycles. The number of nitrogens with zero attached hydrogens (tertiary/aromatic N) is 2. The molecule has 2 unspecified atom stereocenters. The van der Waals surface area contributed by atoms with E-state index in [9.17, 15) is 18.0 Å². The zero-order chi connectivity index (χ0) is 29.3. The maximum atomic E-state index is 14.1. The summed E-state index contributed by atoms with van der Waals surface area (Å²) in [6, 6.07) is 21.5. The summed E-state index contributed by atoms with van der Waals surface area (Å²) in [7, 11) is -4.17. The molecule has 8 nitrogen and oxygen atoms in total. The van der Waals surface area contributed by atoms with Crippen LogP contribution in [0.4, 0.5) is 5.69 Å². The molecule has 3 rings (SSSR count). The number of carbonyl (C=O) groups is 2. The molecule has 0 spiro atoms. The number of rotatable bonds is 13. The Labute approximate surface area is 238 Å². The highest BCUT2D eigenvalue weighted by atomic mass is 32.2. The molecule has 0 saturated carbocycles. The molecule has 0 aliphatic heterocycles. The van der Waals surface area contributed by atoms with Crippen molar-refractivity contribution < 1.29 is 22.7 Å². The van der Waals surface area contributed by atoms with Crippen LogP contribution in [0.5, 0.6) is 5.75 Å². The van der Waals surface area contributed by atoms with Gasteiger partial charge in [0.1, 0.15) is 18.3 Å². The van der Waals surface area contributed by atoms with Crippen LogP contribution in [0.2, 0.25) is 0 Å². The Morgan fingerprint density at radius 1 is 0.925 bits per heavy atom. The third kappa shape index (κ3) is 7.63. The number of benzene rings is 3. The van der Waals surface area contributed by atoms with Crippen LogP contribution in [0.3, 0.4) is 0 Å². The molecule has 3 aromatic rings.